The van der Waals surface area contributed by atoms with E-state index in [2.05, 4.69) is 15.0 Å². The highest BCUT2D eigenvalue weighted by Gasteiger charge is 2.60. The van der Waals surface area contributed by atoms with Crippen molar-refractivity contribution >= 4 is 22.8 Å². The fourth-order valence-corrected chi connectivity index (χ4v) is 6.43. The second-order valence-corrected chi connectivity index (χ2v) is 10.4. The molecule has 12 heteroatoms. The quantitative estimate of drug-likeness (QED) is 0.525. The summed E-state index contributed by atoms with van der Waals surface area (Å²) in [5.74, 6) is -5.17. The molecule has 1 aliphatic carbocycles. The lowest BCUT2D eigenvalue weighted by atomic mass is 9.71. The zero-order valence-electron chi connectivity index (χ0n) is 20.7. The van der Waals surface area contributed by atoms with E-state index in [1.807, 2.05) is 18.2 Å². The molecule has 2 unspecified atom stereocenters. The molecule has 7 rings (SSSR count). The number of aromatic nitrogens is 4. The van der Waals surface area contributed by atoms with Crippen LogP contribution in [0, 0.1) is 5.92 Å². The summed E-state index contributed by atoms with van der Waals surface area (Å²) in [6.07, 6.45) is 2.05. The molecule has 5 heterocycles. The fourth-order valence-electron chi connectivity index (χ4n) is 6.43. The minimum atomic E-state index is -3.04. The van der Waals surface area contributed by atoms with Gasteiger partial charge < -0.3 is 19.8 Å². The molecule has 0 radical (unpaired) electrons. The first-order valence-electron chi connectivity index (χ1n) is 13.0. The number of hydrogen-bond acceptors (Lipinski definition) is 5. The van der Waals surface area contributed by atoms with E-state index in [0.29, 0.717) is 29.6 Å². The SMILES string of the molecule is O=C([C@H]1C2CCC(CC2(F)F)N1C(=O)CCCn1c(=O)[nH]c2ccccc21)N1CCc2c(nc[nH]c2=O)C1. The smallest absolute Gasteiger partial charge is 0.326 e. The third-order valence-electron chi connectivity index (χ3n) is 8.25. The number of carbonyl (C=O) groups excluding carboxylic acids is 2. The van der Waals surface area contributed by atoms with Gasteiger partial charge in [-0.2, -0.15) is 0 Å². The van der Waals surface area contributed by atoms with Crippen molar-refractivity contribution in [3.05, 3.63) is 62.7 Å². The normalized spacial score (nSPS) is 24.0. The third kappa shape index (κ3) is 4.02. The molecular formula is C26H28F2N6O4. The van der Waals surface area contributed by atoms with Gasteiger partial charge in [0.1, 0.15) is 6.04 Å². The van der Waals surface area contributed by atoms with Crippen LogP contribution in [0.15, 0.2) is 40.2 Å². The summed E-state index contributed by atoms with van der Waals surface area (Å²) >= 11 is 0. The monoisotopic (exact) mass is 526 g/mol. The topological polar surface area (TPSA) is 124 Å². The Morgan fingerprint density at radius 3 is 2.79 bits per heavy atom. The van der Waals surface area contributed by atoms with Gasteiger partial charge in [0.15, 0.2) is 0 Å². The van der Waals surface area contributed by atoms with Crippen LogP contribution in [0.1, 0.15) is 43.4 Å². The summed E-state index contributed by atoms with van der Waals surface area (Å²) in [6.45, 7) is 0.531. The van der Waals surface area contributed by atoms with Crippen LogP contribution in [0.4, 0.5) is 8.78 Å². The van der Waals surface area contributed by atoms with Crippen molar-refractivity contribution in [1.82, 2.24) is 29.3 Å². The Labute approximate surface area is 215 Å². The number of rotatable bonds is 5. The number of aryl methyl sites for hydroxylation is 1. The highest BCUT2D eigenvalue weighted by Crippen LogP contribution is 2.49. The van der Waals surface area contributed by atoms with E-state index in [4.69, 9.17) is 0 Å². The highest BCUT2D eigenvalue weighted by molar-refractivity contribution is 5.89. The number of H-pyrrole nitrogens is 2. The number of nitrogens with zero attached hydrogens (tertiary/aromatic N) is 4. The van der Waals surface area contributed by atoms with E-state index >= 15 is 8.78 Å². The van der Waals surface area contributed by atoms with Crippen molar-refractivity contribution < 1.29 is 18.4 Å². The van der Waals surface area contributed by atoms with Crippen LogP contribution in [0.5, 0.6) is 0 Å². The van der Waals surface area contributed by atoms with Crippen LogP contribution >= 0.6 is 0 Å². The number of carbonyl (C=O) groups is 2. The second-order valence-electron chi connectivity index (χ2n) is 10.4. The van der Waals surface area contributed by atoms with Crippen molar-refractivity contribution in [2.45, 2.75) is 69.6 Å². The van der Waals surface area contributed by atoms with E-state index in [9.17, 15) is 19.2 Å². The van der Waals surface area contributed by atoms with Crippen LogP contribution in [0.2, 0.25) is 0 Å². The number of para-hydroxylation sites is 2. The average molecular weight is 527 g/mol. The van der Waals surface area contributed by atoms with E-state index in [1.165, 1.54) is 16.1 Å². The van der Waals surface area contributed by atoms with Gasteiger partial charge in [0.25, 0.3) is 11.5 Å². The summed E-state index contributed by atoms with van der Waals surface area (Å²) in [5, 5.41) is 0. The molecule has 2 saturated heterocycles. The van der Waals surface area contributed by atoms with Gasteiger partial charge in [-0.05, 0) is 37.8 Å². The molecule has 2 aromatic heterocycles. The maximum Gasteiger partial charge on any atom is 0.326 e. The van der Waals surface area contributed by atoms with Crippen LogP contribution in [-0.2, 0) is 29.1 Å². The maximum atomic E-state index is 15.0. The number of alkyl halides is 2. The number of benzene rings is 1. The molecule has 2 bridgehead atoms. The number of nitrogens with one attached hydrogen (secondary N) is 2. The zero-order chi connectivity index (χ0) is 26.6. The van der Waals surface area contributed by atoms with E-state index in [0.717, 1.165) is 5.52 Å². The summed E-state index contributed by atoms with van der Waals surface area (Å²) in [4.78, 5) is 64.0. The number of halogens is 2. The lowest BCUT2D eigenvalue weighted by Crippen LogP contribution is -2.68. The molecule has 1 aromatic carbocycles. The molecule has 200 valence electrons. The van der Waals surface area contributed by atoms with Gasteiger partial charge in [-0.1, -0.05) is 12.1 Å². The van der Waals surface area contributed by atoms with Crippen LogP contribution < -0.4 is 11.2 Å². The van der Waals surface area contributed by atoms with Gasteiger partial charge >= 0.3 is 5.69 Å². The second kappa shape index (κ2) is 9.17. The van der Waals surface area contributed by atoms with E-state index in [-0.39, 0.29) is 56.1 Å². The lowest BCUT2D eigenvalue weighted by Gasteiger charge is -2.54. The fraction of sp³-hybridized carbons (Fsp3) is 0.500. The van der Waals surface area contributed by atoms with Gasteiger partial charge in [-0.15, -0.1) is 0 Å². The van der Waals surface area contributed by atoms with Crippen molar-refractivity contribution in [2.24, 2.45) is 5.92 Å². The van der Waals surface area contributed by atoms with Crippen LogP contribution in [0.3, 0.4) is 0 Å². The number of imidazole rings is 1. The molecular weight excluding hydrogens is 498 g/mol. The molecule has 0 spiro atoms. The molecule has 4 aliphatic rings. The predicted octanol–water partition coefficient (Wildman–Crippen LogP) is 1.79. The van der Waals surface area contributed by atoms with E-state index in [1.54, 1.807) is 10.6 Å². The molecule has 38 heavy (non-hydrogen) atoms. The lowest BCUT2D eigenvalue weighted by molar-refractivity contribution is -0.198. The summed E-state index contributed by atoms with van der Waals surface area (Å²) < 4.78 is 31.6. The van der Waals surface area contributed by atoms with Crippen molar-refractivity contribution in [3.8, 4) is 0 Å². The largest absolute Gasteiger partial charge is 0.335 e. The Morgan fingerprint density at radius 1 is 1.16 bits per heavy atom. The summed E-state index contributed by atoms with van der Waals surface area (Å²) in [7, 11) is 0. The first-order chi connectivity index (χ1) is 18.2. The maximum absolute atomic E-state index is 15.0. The van der Waals surface area contributed by atoms with Gasteiger partial charge in [-0.25, -0.2) is 18.6 Å². The minimum absolute atomic E-state index is 0.0320. The molecule has 3 aliphatic heterocycles. The minimum Gasteiger partial charge on any atom is -0.335 e. The van der Waals surface area contributed by atoms with Gasteiger partial charge in [0.05, 0.1) is 35.5 Å². The Hall–Kier alpha value is -3.83. The van der Waals surface area contributed by atoms with Gasteiger partial charge in [-0.3, -0.25) is 19.0 Å². The van der Waals surface area contributed by atoms with Crippen LogP contribution in [-0.4, -0.2) is 65.7 Å². The molecule has 1 saturated carbocycles. The summed E-state index contributed by atoms with van der Waals surface area (Å²) in [6, 6.07) is 5.27. The van der Waals surface area contributed by atoms with Crippen molar-refractivity contribution in [1.29, 1.82) is 0 Å². The Bertz CT molecular complexity index is 1530. The Kier molecular flexibility index (Phi) is 5.92. The third-order valence-corrected chi connectivity index (χ3v) is 8.25. The molecule has 3 fully saturated rings. The molecule has 2 amide bonds. The first kappa shape index (κ1) is 24.5. The average Bonchev–Trinajstić information content (AvgIpc) is 3.22. The Morgan fingerprint density at radius 2 is 1.97 bits per heavy atom. The number of fused-ring (bicyclic) bond motifs is 5. The van der Waals surface area contributed by atoms with Gasteiger partial charge in [0.2, 0.25) is 11.8 Å². The van der Waals surface area contributed by atoms with Crippen LogP contribution in [0.25, 0.3) is 11.0 Å². The molecule has 3 aromatic rings. The number of amides is 2. The number of hydrogen-bond donors (Lipinski definition) is 2. The molecule has 10 nitrogen and oxygen atoms in total. The van der Waals surface area contributed by atoms with Crippen molar-refractivity contribution in [3.63, 3.8) is 0 Å². The Balaban J connectivity index is 1.21. The molecule has 2 N–H and O–H groups in total. The standard InChI is InChI=1S/C26H28F2N6O4/c27-26(28)12-15-7-8-17(26)22(24(37)32-11-9-16-19(13-32)29-14-30-23(16)36)34(15)21(35)6-3-10-33-20-5-2-1-4-18(20)31-25(33)38/h1-2,4-5,14-15,17,22H,3,6-13H2,(H,31,38)(H,29,30,36)/t15?,17?,22-/m1/s1. The van der Waals surface area contributed by atoms with Crippen molar-refractivity contribution in [2.75, 3.05) is 6.54 Å². The first-order valence-corrected chi connectivity index (χ1v) is 13.0. The zero-order valence-corrected chi connectivity index (χ0v) is 20.7. The van der Waals surface area contributed by atoms with E-state index < -0.39 is 36.3 Å². The number of piperidine rings is 2. The predicted molar refractivity (Wildman–Crippen MR) is 132 cm³/mol. The molecule has 3 atom stereocenters. The van der Waals surface area contributed by atoms with Gasteiger partial charge in [0, 0.05) is 37.5 Å². The number of aromatic amines is 2. The summed E-state index contributed by atoms with van der Waals surface area (Å²) in [5.41, 5.74) is 1.82. The highest BCUT2D eigenvalue weighted by atomic mass is 19.3.